The van der Waals surface area contributed by atoms with Crippen molar-refractivity contribution in [2.75, 3.05) is 6.54 Å². The van der Waals surface area contributed by atoms with Crippen LogP contribution in [0, 0.1) is 0 Å². The summed E-state index contributed by atoms with van der Waals surface area (Å²) in [6.45, 7) is 0.753. The number of nitrogens with zero attached hydrogens (tertiary/aromatic N) is 1. The summed E-state index contributed by atoms with van der Waals surface area (Å²) in [5.74, 6) is 0.640. The van der Waals surface area contributed by atoms with Crippen molar-refractivity contribution in [3.8, 4) is 0 Å². The zero-order valence-corrected chi connectivity index (χ0v) is 14.0. The van der Waals surface area contributed by atoms with E-state index in [1.54, 1.807) is 18.4 Å². The molecule has 5 heteroatoms. The molecule has 3 aromatic rings. The number of rotatable bonds is 4. The largest absolute Gasteiger partial charge is 0.467 e. The highest BCUT2D eigenvalue weighted by molar-refractivity contribution is 7.20. The predicted octanol–water partition coefficient (Wildman–Crippen LogP) is 4.22. The lowest BCUT2D eigenvalue weighted by atomic mass is 10.1. The number of hydrogen-bond acceptors (Lipinski definition) is 4. The van der Waals surface area contributed by atoms with Crippen molar-refractivity contribution in [2.45, 2.75) is 31.4 Å². The molecule has 4 rings (SSSR count). The number of carbonyl (C=O) groups is 1. The highest BCUT2D eigenvalue weighted by Crippen LogP contribution is 2.32. The number of fused-ring (bicyclic) bond motifs is 1. The smallest absolute Gasteiger partial charge is 0.264 e. The highest BCUT2D eigenvalue weighted by Gasteiger charge is 2.32. The highest BCUT2D eigenvalue weighted by atomic mass is 32.1. The molecular weight excluding hydrogens is 322 g/mol. The molecule has 0 saturated carbocycles. The molecule has 4 nitrogen and oxygen atoms in total. The van der Waals surface area contributed by atoms with Crippen molar-refractivity contribution in [1.82, 2.24) is 4.90 Å². The van der Waals surface area contributed by atoms with Crippen LogP contribution in [0.1, 0.15) is 40.8 Å². The number of aliphatic hydroxyl groups excluding tert-OH is 1. The summed E-state index contributed by atoms with van der Waals surface area (Å²) in [6.07, 6.45) is 3.32. The van der Waals surface area contributed by atoms with Gasteiger partial charge in [-0.15, -0.1) is 11.3 Å². The molecule has 124 valence electrons. The number of hydrogen-bond donors (Lipinski definition) is 1. The average molecular weight is 341 g/mol. The topological polar surface area (TPSA) is 53.7 Å². The van der Waals surface area contributed by atoms with Crippen molar-refractivity contribution in [2.24, 2.45) is 0 Å². The number of likely N-dealkylation sites (tertiary alicyclic amines) is 1. The molecule has 1 fully saturated rings. The summed E-state index contributed by atoms with van der Waals surface area (Å²) < 4.78 is 6.41. The number of amides is 1. The fourth-order valence-corrected chi connectivity index (χ4v) is 4.45. The number of benzene rings is 1. The lowest BCUT2D eigenvalue weighted by Gasteiger charge is -2.25. The Morgan fingerprint density at radius 2 is 2.21 bits per heavy atom. The van der Waals surface area contributed by atoms with Crippen LogP contribution in [0.15, 0.2) is 53.1 Å². The Hall–Kier alpha value is -2.11. The van der Waals surface area contributed by atoms with E-state index in [9.17, 15) is 9.90 Å². The molecule has 2 aromatic heterocycles. The van der Waals surface area contributed by atoms with E-state index in [-0.39, 0.29) is 11.9 Å². The predicted molar refractivity (Wildman–Crippen MR) is 94.2 cm³/mol. The van der Waals surface area contributed by atoms with Gasteiger partial charge in [-0.1, -0.05) is 18.2 Å². The number of aliphatic hydroxyl groups is 1. The van der Waals surface area contributed by atoms with Crippen LogP contribution in [0.4, 0.5) is 0 Å². The second-order valence-electron chi connectivity index (χ2n) is 6.21. The van der Waals surface area contributed by atoms with E-state index in [1.807, 2.05) is 35.2 Å². The third-order valence-electron chi connectivity index (χ3n) is 4.64. The Morgan fingerprint density at radius 3 is 3.00 bits per heavy atom. The maximum absolute atomic E-state index is 12.9. The quantitative estimate of drug-likeness (QED) is 0.773. The van der Waals surface area contributed by atoms with Crippen molar-refractivity contribution >= 4 is 27.3 Å². The minimum Gasteiger partial charge on any atom is -0.467 e. The number of thiophene rings is 1. The third kappa shape index (κ3) is 2.85. The van der Waals surface area contributed by atoms with Crippen LogP contribution in [0.5, 0.6) is 0 Å². The molecule has 1 aliphatic heterocycles. The molecular formula is C19H19NO3S. The first-order valence-corrected chi connectivity index (χ1v) is 9.05. The fourth-order valence-electron chi connectivity index (χ4n) is 3.43. The van der Waals surface area contributed by atoms with Gasteiger partial charge in [-0.2, -0.15) is 0 Å². The molecule has 0 aliphatic carbocycles. The Kier molecular flexibility index (Phi) is 4.12. The molecule has 0 unspecified atom stereocenters. The third-order valence-corrected chi connectivity index (χ3v) is 5.75. The van der Waals surface area contributed by atoms with Crippen LogP contribution >= 0.6 is 11.3 Å². The maximum Gasteiger partial charge on any atom is 0.264 e. The zero-order chi connectivity index (χ0) is 16.5. The summed E-state index contributed by atoms with van der Waals surface area (Å²) in [4.78, 5) is 15.6. The molecule has 1 aliphatic rings. The molecule has 3 heterocycles. The van der Waals surface area contributed by atoms with E-state index < -0.39 is 6.10 Å². The summed E-state index contributed by atoms with van der Waals surface area (Å²) >= 11 is 1.54. The second-order valence-corrected chi connectivity index (χ2v) is 7.29. The minimum absolute atomic E-state index is 0.0582. The van der Waals surface area contributed by atoms with Gasteiger partial charge in [-0.05, 0) is 42.5 Å². The van der Waals surface area contributed by atoms with Crippen LogP contribution in [0.25, 0.3) is 10.1 Å². The van der Waals surface area contributed by atoms with E-state index >= 15 is 0 Å². The standard InChI is InChI=1S/C19H19NO3S/c21-15(16-7-4-10-23-16)12-14-6-3-9-20(14)19(22)18-11-13-5-1-2-8-17(13)24-18/h1-2,4-5,7-8,10-11,14-15,21H,3,6,9,12H2/t14-,15+/m0/s1. The lowest BCUT2D eigenvalue weighted by Crippen LogP contribution is -2.36. The maximum atomic E-state index is 12.9. The minimum atomic E-state index is -0.666. The molecule has 24 heavy (non-hydrogen) atoms. The van der Waals surface area contributed by atoms with Crippen molar-refractivity contribution in [1.29, 1.82) is 0 Å². The molecule has 0 radical (unpaired) electrons. The van der Waals surface area contributed by atoms with E-state index in [0.29, 0.717) is 12.2 Å². The van der Waals surface area contributed by atoms with Gasteiger partial charge >= 0.3 is 0 Å². The van der Waals surface area contributed by atoms with Crippen LogP contribution in [-0.4, -0.2) is 28.5 Å². The summed E-state index contributed by atoms with van der Waals surface area (Å²) in [7, 11) is 0. The Balaban J connectivity index is 1.52. The van der Waals surface area contributed by atoms with Crippen LogP contribution in [0.3, 0.4) is 0 Å². The molecule has 1 N–H and O–H groups in total. The molecule has 1 aromatic carbocycles. The SMILES string of the molecule is O=C(c1cc2ccccc2s1)N1CCC[C@H]1C[C@@H](O)c1ccco1. The fraction of sp³-hybridized carbons (Fsp3) is 0.316. The number of carbonyl (C=O) groups excluding carboxylic acids is 1. The molecule has 1 saturated heterocycles. The summed E-state index contributed by atoms with van der Waals surface area (Å²) in [5, 5.41) is 11.4. The van der Waals surface area contributed by atoms with Crippen molar-refractivity contribution in [3.63, 3.8) is 0 Å². The van der Waals surface area contributed by atoms with Gasteiger partial charge in [0.25, 0.3) is 5.91 Å². The van der Waals surface area contributed by atoms with E-state index in [1.165, 1.54) is 11.3 Å². The first-order chi connectivity index (χ1) is 11.7. The van der Waals surface area contributed by atoms with E-state index in [2.05, 4.69) is 0 Å². The van der Waals surface area contributed by atoms with Gasteiger partial charge in [0, 0.05) is 23.7 Å². The van der Waals surface area contributed by atoms with E-state index in [0.717, 1.165) is 34.3 Å². The molecule has 1 amide bonds. The van der Waals surface area contributed by atoms with Crippen LogP contribution < -0.4 is 0 Å². The van der Waals surface area contributed by atoms with Gasteiger partial charge in [0.1, 0.15) is 11.9 Å². The Labute approximate surface area is 144 Å². The zero-order valence-electron chi connectivity index (χ0n) is 13.2. The van der Waals surface area contributed by atoms with Crippen molar-refractivity contribution in [3.05, 3.63) is 59.4 Å². The first-order valence-electron chi connectivity index (χ1n) is 8.23. The normalized spacial score (nSPS) is 19.0. The molecule has 2 atom stereocenters. The monoisotopic (exact) mass is 341 g/mol. The Bertz CT molecular complexity index is 806. The van der Waals surface area contributed by atoms with Gasteiger partial charge < -0.3 is 14.4 Å². The second kappa shape index (κ2) is 6.42. The molecule has 0 spiro atoms. The van der Waals surface area contributed by atoms with Gasteiger partial charge in [0.15, 0.2) is 0 Å². The Morgan fingerprint density at radius 1 is 1.33 bits per heavy atom. The first kappa shape index (κ1) is 15.4. The van der Waals surface area contributed by atoms with Crippen LogP contribution in [0.2, 0.25) is 0 Å². The van der Waals surface area contributed by atoms with Gasteiger partial charge in [-0.25, -0.2) is 0 Å². The average Bonchev–Trinajstić information content (AvgIpc) is 3.33. The van der Waals surface area contributed by atoms with Crippen molar-refractivity contribution < 1.29 is 14.3 Å². The summed E-state index contributed by atoms with van der Waals surface area (Å²) in [5.41, 5.74) is 0. The van der Waals surface area contributed by atoms with Gasteiger partial charge in [0.2, 0.25) is 0 Å². The number of furan rings is 1. The van der Waals surface area contributed by atoms with Crippen LogP contribution in [-0.2, 0) is 0 Å². The van der Waals surface area contributed by atoms with E-state index in [4.69, 9.17) is 4.42 Å². The summed E-state index contributed by atoms with van der Waals surface area (Å²) in [6, 6.07) is 13.6. The lowest BCUT2D eigenvalue weighted by molar-refractivity contribution is 0.0646. The van der Waals surface area contributed by atoms with Gasteiger partial charge in [-0.3, -0.25) is 4.79 Å². The van der Waals surface area contributed by atoms with Gasteiger partial charge in [0.05, 0.1) is 11.1 Å². The molecule has 0 bridgehead atoms.